The lowest BCUT2D eigenvalue weighted by Crippen LogP contribution is -2.32. The van der Waals surface area contributed by atoms with Gasteiger partial charge in [-0.15, -0.1) is 0 Å². The molecule has 0 aromatic carbocycles. The summed E-state index contributed by atoms with van der Waals surface area (Å²) in [4.78, 5) is 20.8. The Hall–Kier alpha value is -0.520. The molecule has 0 aromatic heterocycles. The fourth-order valence-electron chi connectivity index (χ4n) is 1.05. The average Bonchev–Trinajstić information content (AvgIpc) is 2.26. The first-order chi connectivity index (χ1) is 7.49. The van der Waals surface area contributed by atoms with Crippen molar-refractivity contribution in [3.8, 4) is 0 Å². The molecule has 0 radical (unpaired) electrons. The molecule has 0 aliphatic heterocycles. The molecule has 94 valence electrons. The Labute approximate surface area is 105 Å². The third-order valence-electron chi connectivity index (χ3n) is 1.94. The van der Waals surface area contributed by atoms with Gasteiger partial charge in [-0.3, -0.25) is 9.59 Å². The summed E-state index contributed by atoms with van der Waals surface area (Å²) < 4.78 is 4.47. The first-order valence-corrected chi connectivity index (χ1v) is 5.75. The van der Waals surface area contributed by atoms with Crippen LogP contribution in [0.15, 0.2) is 0 Å². The molecule has 0 spiro atoms. The third-order valence-corrected chi connectivity index (χ3v) is 2.34. The number of alkyl halides is 2. The molecule has 0 bridgehead atoms. The van der Waals surface area contributed by atoms with E-state index in [0.29, 0.717) is 25.8 Å². The van der Waals surface area contributed by atoms with Gasteiger partial charge in [0.2, 0.25) is 0 Å². The highest BCUT2D eigenvalue weighted by atomic mass is 35.5. The molecule has 1 amide bonds. The predicted octanol–water partition coefficient (Wildman–Crippen LogP) is 0.577. The van der Waals surface area contributed by atoms with Gasteiger partial charge in [-0.2, -0.15) is 0 Å². The van der Waals surface area contributed by atoms with E-state index in [2.05, 4.69) is 10.1 Å². The third kappa shape index (κ3) is 6.87. The van der Waals surface area contributed by atoms with Crippen LogP contribution in [-0.2, 0) is 14.3 Å². The van der Waals surface area contributed by atoms with Crippen molar-refractivity contribution in [1.29, 1.82) is 0 Å². The van der Waals surface area contributed by atoms with Crippen molar-refractivity contribution in [3.05, 3.63) is 0 Å². The maximum atomic E-state index is 10.9. The molecule has 5 nitrogen and oxygen atoms in total. The van der Waals surface area contributed by atoms with Gasteiger partial charge >= 0.3 is 5.97 Å². The zero-order valence-electron chi connectivity index (χ0n) is 9.04. The standard InChI is InChI=1S/C9H16Cl2N2O3/c1-16-9(15)6(12)4-2-3-5-13-8(14)7(10)11/h6-7H,2-5,12H2,1H3,(H,13,14)/t6-/m0/s1. The molecule has 0 fully saturated rings. The van der Waals surface area contributed by atoms with Crippen molar-refractivity contribution < 1.29 is 14.3 Å². The number of esters is 1. The number of hydrogen-bond acceptors (Lipinski definition) is 4. The molecule has 0 rings (SSSR count). The van der Waals surface area contributed by atoms with Crippen molar-refractivity contribution in [3.63, 3.8) is 0 Å². The summed E-state index contributed by atoms with van der Waals surface area (Å²) in [7, 11) is 1.30. The monoisotopic (exact) mass is 270 g/mol. The lowest BCUT2D eigenvalue weighted by Gasteiger charge is -2.09. The number of rotatable bonds is 7. The minimum absolute atomic E-state index is 0.416. The maximum absolute atomic E-state index is 10.9. The smallest absolute Gasteiger partial charge is 0.322 e. The largest absolute Gasteiger partial charge is 0.468 e. The highest BCUT2D eigenvalue weighted by Crippen LogP contribution is 2.02. The van der Waals surface area contributed by atoms with Crippen LogP contribution in [-0.4, -0.2) is 36.4 Å². The summed E-state index contributed by atoms with van der Waals surface area (Å²) in [6.45, 7) is 0.461. The quantitative estimate of drug-likeness (QED) is 0.403. The minimum atomic E-state index is -1.04. The zero-order valence-corrected chi connectivity index (χ0v) is 10.6. The molecule has 16 heavy (non-hydrogen) atoms. The van der Waals surface area contributed by atoms with Crippen LogP contribution in [0.25, 0.3) is 0 Å². The van der Waals surface area contributed by atoms with E-state index in [-0.39, 0.29) is 0 Å². The molecule has 0 aliphatic rings. The van der Waals surface area contributed by atoms with E-state index >= 15 is 0 Å². The fourth-order valence-corrected chi connectivity index (χ4v) is 1.20. The molecule has 0 aliphatic carbocycles. The highest BCUT2D eigenvalue weighted by Gasteiger charge is 2.13. The average molecular weight is 271 g/mol. The van der Waals surface area contributed by atoms with Gasteiger partial charge in [0.25, 0.3) is 5.91 Å². The van der Waals surface area contributed by atoms with Crippen molar-refractivity contribution in [2.75, 3.05) is 13.7 Å². The van der Waals surface area contributed by atoms with Crippen LogP contribution in [0, 0.1) is 0 Å². The summed E-state index contributed by atoms with van der Waals surface area (Å²) in [6.07, 6.45) is 1.94. The van der Waals surface area contributed by atoms with E-state index in [0.717, 1.165) is 0 Å². The Bertz CT molecular complexity index is 237. The number of halogens is 2. The molecular weight excluding hydrogens is 255 g/mol. The van der Waals surface area contributed by atoms with Gasteiger partial charge in [0, 0.05) is 6.54 Å². The lowest BCUT2D eigenvalue weighted by atomic mass is 10.1. The van der Waals surface area contributed by atoms with Crippen LogP contribution >= 0.6 is 23.2 Å². The second-order valence-corrected chi connectivity index (χ2v) is 4.31. The molecule has 0 saturated heterocycles. The molecule has 0 saturated carbocycles. The lowest BCUT2D eigenvalue weighted by molar-refractivity contribution is -0.142. The SMILES string of the molecule is COC(=O)[C@@H](N)CCCCNC(=O)C(Cl)Cl. The van der Waals surface area contributed by atoms with Gasteiger partial charge in [-0.05, 0) is 19.3 Å². The van der Waals surface area contributed by atoms with Crippen molar-refractivity contribution >= 4 is 35.1 Å². The van der Waals surface area contributed by atoms with E-state index in [9.17, 15) is 9.59 Å². The van der Waals surface area contributed by atoms with E-state index in [4.69, 9.17) is 28.9 Å². The van der Waals surface area contributed by atoms with Crippen molar-refractivity contribution in [2.45, 2.75) is 30.1 Å². The van der Waals surface area contributed by atoms with Crippen LogP contribution in [0.5, 0.6) is 0 Å². The number of ether oxygens (including phenoxy) is 1. The summed E-state index contributed by atoms with van der Waals surface area (Å²) in [6, 6.07) is -0.602. The van der Waals surface area contributed by atoms with E-state index < -0.39 is 22.8 Å². The summed E-state index contributed by atoms with van der Waals surface area (Å²) in [5.41, 5.74) is 5.51. The van der Waals surface area contributed by atoms with Gasteiger partial charge in [0.1, 0.15) is 6.04 Å². The number of nitrogens with one attached hydrogen (secondary N) is 1. The Morgan fingerprint density at radius 1 is 1.38 bits per heavy atom. The van der Waals surface area contributed by atoms with Gasteiger partial charge in [0.05, 0.1) is 7.11 Å². The second kappa shape index (κ2) is 8.61. The molecule has 0 heterocycles. The number of hydrogen-bond donors (Lipinski definition) is 2. The van der Waals surface area contributed by atoms with Gasteiger partial charge in [-0.1, -0.05) is 23.2 Å². The molecule has 0 unspecified atom stereocenters. The maximum Gasteiger partial charge on any atom is 0.322 e. The number of carbonyl (C=O) groups excluding carboxylic acids is 2. The number of amides is 1. The van der Waals surface area contributed by atoms with Gasteiger partial charge < -0.3 is 15.8 Å². The van der Waals surface area contributed by atoms with E-state index in [1.54, 1.807) is 0 Å². The second-order valence-electron chi connectivity index (χ2n) is 3.22. The van der Waals surface area contributed by atoms with Crippen LogP contribution < -0.4 is 11.1 Å². The minimum Gasteiger partial charge on any atom is -0.468 e. The molecule has 3 N–H and O–H groups in total. The van der Waals surface area contributed by atoms with Crippen LogP contribution in [0.2, 0.25) is 0 Å². The van der Waals surface area contributed by atoms with Crippen LogP contribution in [0.1, 0.15) is 19.3 Å². The van der Waals surface area contributed by atoms with Gasteiger partial charge in [0.15, 0.2) is 4.84 Å². The van der Waals surface area contributed by atoms with E-state index in [1.165, 1.54) is 7.11 Å². The molecular formula is C9H16Cl2N2O3. The topological polar surface area (TPSA) is 81.4 Å². The summed E-state index contributed by atoms with van der Waals surface area (Å²) >= 11 is 10.6. The molecule has 7 heteroatoms. The Morgan fingerprint density at radius 3 is 2.50 bits per heavy atom. The molecule has 1 atom stereocenters. The predicted molar refractivity (Wildman–Crippen MR) is 62.3 cm³/mol. The number of methoxy groups -OCH3 is 1. The van der Waals surface area contributed by atoms with E-state index in [1.807, 2.05) is 0 Å². The summed E-state index contributed by atoms with van der Waals surface area (Å²) in [5, 5.41) is 2.54. The van der Waals surface area contributed by atoms with Crippen LogP contribution in [0.3, 0.4) is 0 Å². The van der Waals surface area contributed by atoms with Gasteiger partial charge in [-0.25, -0.2) is 0 Å². The normalized spacial score (nSPS) is 12.3. The Kier molecular flexibility index (Phi) is 8.33. The number of carbonyl (C=O) groups is 2. The Balaban J connectivity index is 3.47. The number of unbranched alkanes of at least 4 members (excludes halogenated alkanes) is 1. The van der Waals surface area contributed by atoms with Crippen molar-refractivity contribution in [2.24, 2.45) is 5.73 Å². The Morgan fingerprint density at radius 2 is 2.00 bits per heavy atom. The summed E-state index contributed by atoms with van der Waals surface area (Å²) in [5.74, 6) is -0.841. The van der Waals surface area contributed by atoms with Crippen LogP contribution in [0.4, 0.5) is 0 Å². The molecule has 0 aromatic rings. The zero-order chi connectivity index (χ0) is 12.6. The highest BCUT2D eigenvalue weighted by molar-refractivity contribution is 6.53. The first-order valence-electron chi connectivity index (χ1n) is 4.88. The number of nitrogens with two attached hydrogens (primary N) is 1. The first kappa shape index (κ1) is 15.5. The fraction of sp³-hybridized carbons (Fsp3) is 0.778. The van der Waals surface area contributed by atoms with Crippen molar-refractivity contribution in [1.82, 2.24) is 5.32 Å².